The van der Waals surface area contributed by atoms with Crippen molar-refractivity contribution in [3.05, 3.63) is 63.1 Å². The number of aromatic nitrogens is 3. The lowest BCUT2D eigenvalue weighted by Gasteiger charge is -2.19. The van der Waals surface area contributed by atoms with E-state index in [4.69, 9.17) is 16.3 Å². The summed E-state index contributed by atoms with van der Waals surface area (Å²) in [6.45, 7) is 5.30. The first-order valence-corrected chi connectivity index (χ1v) is 10.9. The van der Waals surface area contributed by atoms with Gasteiger partial charge in [0.05, 0.1) is 47.9 Å². The van der Waals surface area contributed by atoms with Gasteiger partial charge >= 0.3 is 0 Å². The minimum Gasteiger partial charge on any atom is -0.374 e. The molecule has 1 aromatic carbocycles. The summed E-state index contributed by atoms with van der Waals surface area (Å²) in [5.41, 5.74) is 6.00. The molecule has 0 unspecified atom stereocenters. The summed E-state index contributed by atoms with van der Waals surface area (Å²) in [7, 11) is 0. The van der Waals surface area contributed by atoms with Gasteiger partial charge in [0.15, 0.2) is 5.65 Å². The van der Waals surface area contributed by atoms with Crippen LogP contribution >= 0.6 is 11.6 Å². The topological polar surface area (TPSA) is 59.7 Å². The highest BCUT2D eigenvalue weighted by Gasteiger charge is 2.31. The van der Waals surface area contributed by atoms with Crippen LogP contribution in [0.15, 0.2) is 24.3 Å². The number of rotatable bonds is 4. The first-order chi connectivity index (χ1) is 14.5. The Balaban J connectivity index is 1.38. The Morgan fingerprint density at radius 1 is 1.20 bits per heavy atom. The predicted molar refractivity (Wildman–Crippen MR) is 115 cm³/mol. The number of amides is 1. The number of hydrogen-bond acceptors (Lipinski definition) is 4. The zero-order chi connectivity index (χ0) is 20.8. The Morgan fingerprint density at radius 2 is 1.97 bits per heavy atom. The highest BCUT2D eigenvalue weighted by Crippen LogP contribution is 2.30. The summed E-state index contributed by atoms with van der Waals surface area (Å²) in [6.07, 6.45) is 5.03. The average Bonchev–Trinajstić information content (AvgIpc) is 3.48. The third-order valence-electron chi connectivity index (χ3n) is 6.27. The zero-order valence-corrected chi connectivity index (χ0v) is 18.1. The van der Waals surface area contributed by atoms with Crippen molar-refractivity contribution in [1.82, 2.24) is 19.5 Å². The van der Waals surface area contributed by atoms with E-state index in [0.717, 1.165) is 46.7 Å². The molecule has 2 aliphatic rings. The van der Waals surface area contributed by atoms with Crippen LogP contribution in [0.3, 0.4) is 0 Å². The zero-order valence-electron chi connectivity index (χ0n) is 17.3. The molecule has 0 saturated heterocycles. The third kappa shape index (κ3) is 3.28. The first kappa shape index (κ1) is 19.5. The summed E-state index contributed by atoms with van der Waals surface area (Å²) < 4.78 is 7.87. The molecule has 0 bridgehead atoms. The average molecular weight is 425 g/mol. The minimum absolute atomic E-state index is 0.0131. The van der Waals surface area contributed by atoms with Crippen molar-refractivity contribution >= 4 is 23.2 Å². The highest BCUT2D eigenvalue weighted by atomic mass is 35.5. The molecule has 1 fully saturated rings. The fourth-order valence-electron chi connectivity index (χ4n) is 4.54. The van der Waals surface area contributed by atoms with E-state index in [9.17, 15) is 4.79 Å². The van der Waals surface area contributed by atoms with Crippen LogP contribution in [0.5, 0.6) is 0 Å². The number of carbonyl (C=O) groups is 1. The lowest BCUT2D eigenvalue weighted by Crippen LogP contribution is -2.27. The van der Waals surface area contributed by atoms with E-state index in [0.29, 0.717) is 36.4 Å². The fraction of sp³-hybridized carbons (Fsp3) is 0.435. The molecule has 30 heavy (non-hydrogen) atoms. The van der Waals surface area contributed by atoms with Gasteiger partial charge in [-0.05, 0) is 38.3 Å². The molecule has 3 heterocycles. The Hall–Kier alpha value is -2.44. The summed E-state index contributed by atoms with van der Waals surface area (Å²) in [5, 5.41) is 5.32. The quantitative estimate of drug-likeness (QED) is 0.613. The SMILES string of the molecule is Cc1nc2c3c(nn2c(C)c1Cl)CN(C(=O)c1ccccc1COC1CCCC1)C3. The smallest absolute Gasteiger partial charge is 0.254 e. The molecule has 0 N–H and O–H groups in total. The van der Waals surface area contributed by atoms with E-state index >= 15 is 0 Å². The molecule has 0 radical (unpaired) electrons. The van der Waals surface area contributed by atoms with Gasteiger partial charge in [-0.2, -0.15) is 5.10 Å². The van der Waals surface area contributed by atoms with Gasteiger partial charge in [0, 0.05) is 11.1 Å². The van der Waals surface area contributed by atoms with E-state index < -0.39 is 0 Å². The Bertz CT molecular complexity index is 1130. The second kappa shape index (κ2) is 7.67. The van der Waals surface area contributed by atoms with E-state index in [1.165, 1.54) is 12.8 Å². The van der Waals surface area contributed by atoms with Crippen LogP contribution < -0.4 is 0 Å². The predicted octanol–water partition coefficient (Wildman–Crippen LogP) is 4.61. The Kier molecular flexibility index (Phi) is 4.99. The minimum atomic E-state index is 0.0131. The Morgan fingerprint density at radius 3 is 2.77 bits per heavy atom. The summed E-state index contributed by atoms with van der Waals surface area (Å²) in [5.74, 6) is 0.0131. The molecular formula is C23H25ClN4O2. The number of aryl methyl sites for hydroxylation is 2. The maximum atomic E-state index is 13.3. The molecule has 1 saturated carbocycles. The van der Waals surface area contributed by atoms with Gasteiger partial charge in [-0.3, -0.25) is 4.79 Å². The van der Waals surface area contributed by atoms with Crippen molar-refractivity contribution in [2.24, 2.45) is 0 Å². The monoisotopic (exact) mass is 424 g/mol. The lowest BCUT2D eigenvalue weighted by molar-refractivity contribution is 0.0444. The number of fused-ring (bicyclic) bond motifs is 3. The standard InChI is InChI=1S/C23H25ClN4O2/c1-14-21(24)15(2)28-22(25-14)19-11-27(12-20(19)26-28)23(29)18-10-6-3-7-16(18)13-30-17-8-4-5-9-17/h3,6-7,10,17H,4-5,8-9,11-13H2,1-2H3. The second-order valence-electron chi connectivity index (χ2n) is 8.29. The van der Waals surface area contributed by atoms with Gasteiger partial charge in [0.25, 0.3) is 5.91 Å². The molecule has 3 aromatic rings. The normalized spacial score (nSPS) is 16.6. The van der Waals surface area contributed by atoms with Crippen molar-refractivity contribution in [3.8, 4) is 0 Å². The van der Waals surface area contributed by atoms with Crippen LogP contribution in [0.2, 0.25) is 5.02 Å². The van der Waals surface area contributed by atoms with Crippen molar-refractivity contribution in [3.63, 3.8) is 0 Å². The molecule has 5 rings (SSSR count). The number of ether oxygens (including phenoxy) is 1. The van der Waals surface area contributed by atoms with Crippen LogP contribution in [0.4, 0.5) is 0 Å². The lowest BCUT2D eigenvalue weighted by atomic mass is 10.1. The van der Waals surface area contributed by atoms with E-state index in [1.54, 1.807) is 4.52 Å². The van der Waals surface area contributed by atoms with Gasteiger partial charge in [0.1, 0.15) is 0 Å². The molecule has 0 atom stereocenters. The van der Waals surface area contributed by atoms with Crippen molar-refractivity contribution < 1.29 is 9.53 Å². The van der Waals surface area contributed by atoms with E-state index in [-0.39, 0.29) is 5.91 Å². The molecule has 1 aliphatic carbocycles. The molecular weight excluding hydrogens is 400 g/mol. The van der Waals surface area contributed by atoms with Gasteiger partial charge in [-0.15, -0.1) is 0 Å². The molecule has 1 aliphatic heterocycles. The third-order valence-corrected chi connectivity index (χ3v) is 6.81. The van der Waals surface area contributed by atoms with Gasteiger partial charge < -0.3 is 9.64 Å². The van der Waals surface area contributed by atoms with Crippen molar-refractivity contribution in [2.75, 3.05) is 0 Å². The summed E-state index contributed by atoms with van der Waals surface area (Å²) >= 11 is 6.33. The number of halogens is 1. The molecule has 156 valence electrons. The van der Waals surface area contributed by atoms with Crippen LogP contribution in [0, 0.1) is 13.8 Å². The summed E-state index contributed by atoms with van der Waals surface area (Å²) in [6, 6.07) is 7.76. The van der Waals surface area contributed by atoms with Crippen LogP contribution in [0.1, 0.15) is 64.2 Å². The maximum Gasteiger partial charge on any atom is 0.254 e. The molecule has 2 aromatic heterocycles. The largest absolute Gasteiger partial charge is 0.374 e. The van der Waals surface area contributed by atoms with Crippen LogP contribution in [-0.4, -0.2) is 31.5 Å². The van der Waals surface area contributed by atoms with Gasteiger partial charge in [-0.1, -0.05) is 42.6 Å². The van der Waals surface area contributed by atoms with Crippen LogP contribution in [-0.2, 0) is 24.4 Å². The number of benzene rings is 1. The molecule has 7 heteroatoms. The second-order valence-corrected chi connectivity index (χ2v) is 8.67. The van der Waals surface area contributed by atoms with Crippen LogP contribution in [0.25, 0.3) is 5.65 Å². The molecule has 0 spiro atoms. The number of carbonyl (C=O) groups excluding carboxylic acids is 1. The Labute approximate surface area is 180 Å². The molecule has 6 nitrogen and oxygen atoms in total. The van der Waals surface area contributed by atoms with E-state index in [1.807, 2.05) is 43.0 Å². The van der Waals surface area contributed by atoms with E-state index in [2.05, 4.69) is 10.1 Å². The number of hydrogen-bond donors (Lipinski definition) is 0. The van der Waals surface area contributed by atoms with Crippen molar-refractivity contribution in [2.45, 2.75) is 65.3 Å². The highest BCUT2D eigenvalue weighted by molar-refractivity contribution is 6.31. The van der Waals surface area contributed by atoms with Gasteiger partial charge in [0.2, 0.25) is 0 Å². The van der Waals surface area contributed by atoms with Crippen molar-refractivity contribution in [1.29, 1.82) is 0 Å². The molecule has 1 amide bonds. The fourth-order valence-corrected chi connectivity index (χ4v) is 4.67. The number of nitrogens with zero attached hydrogens (tertiary/aromatic N) is 4. The first-order valence-electron chi connectivity index (χ1n) is 10.5. The summed E-state index contributed by atoms with van der Waals surface area (Å²) in [4.78, 5) is 19.8. The van der Waals surface area contributed by atoms with Gasteiger partial charge in [-0.25, -0.2) is 9.50 Å². The maximum absolute atomic E-state index is 13.3.